The van der Waals surface area contributed by atoms with Crippen molar-refractivity contribution in [2.75, 3.05) is 44.7 Å². The number of likely N-dealkylation sites (N-methyl/N-ethyl adjacent to an activating group) is 1. The average molecular weight is 513 g/mol. The number of hydrogen-bond acceptors (Lipinski definition) is 6. The third-order valence-electron chi connectivity index (χ3n) is 5.26. The number of carboxylic acids is 2. The second-order valence-electron chi connectivity index (χ2n) is 7.78. The molecule has 15 heteroatoms. The summed E-state index contributed by atoms with van der Waals surface area (Å²) in [5.41, 5.74) is 2.24. The predicted molar refractivity (Wildman–Crippen MR) is 112 cm³/mol. The molecule has 196 valence electrons. The molecule has 0 bridgehead atoms. The first-order chi connectivity index (χ1) is 16.2. The largest absolute Gasteiger partial charge is 0.490 e. The van der Waals surface area contributed by atoms with Gasteiger partial charge in [-0.15, -0.1) is 0 Å². The van der Waals surface area contributed by atoms with E-state index >= 15 is 0 Å². The maximum atomic E-state index is 10.6. The molecule has 2 aromatic heterocycles. The fourth-order valence-corrected chi connectivity index (χ4v) is 3.52. The number of pyridine rings is 1. The van der Waals surface area contributed by atoms with E-state index in [0.29, 0.717) is 6.04 Å². The molecule has 0 spiro atoms. The number of aromatic nitrogens is 2. The summed E-state index contributed by atoms with van der Waals surface area (Å²) in [5.74, 6) is -4.23. The highest BCUT2D eigenvalue weighted by molar-refractivity contribution is 5.73. The monoisotopic (exact) mass is 513 g/mol. The van der Waals surface area contributed by atoms with Gasteiger partial charge >= 0.3 is 24.3 Å². The highest BCUT2D eigenvalue weighted by Crippen LogP contribution is 2.25. The molecule has 2 aliphatic rings. The van der Waals surface area contributed by atoms with E-state index in [0.717, 1.165) is 38.4 Å². The van der Waals surface area contributed by atoms with Crippen LogP contribution in [0.5, 0.6) is 0 Å². The lowest BCUT2D eigenvalue weighted by atomic mass is 10.1. The van der Waals surface area contributed by atoms with E-state index in [2.05, 4.69) is 51.0 Å². The van der Waals surface area contributed by atoms with E-state index < -0.39 is 24.3 Å². The van der Waals surface area contributed by atoms with Crippen LogP contribution in [-0.4, -0.2) is 88.6 Å². The van der Waals surface area contributed by atoms with Crippen LogP contribution in [0.25, 0.3) is 5.65 Å². The highest BCUT2D eigenvalue weighted by atomic mass is 19.4. The van der Waals surface area contributed by atoms with Crippen LogP contribution >= 0.6 is 0 Å². The fourth-order valence-electron chi connectivity index (χ4n) is 3.52. The molecule has 2 aromatic rings. The first-order valence-electron chi connectivity index (χ1n) is 10.5. The number of fused-ring (bicyclic) bond motifs is 1. The van der Waals surface area contributed by atoms with E-state index in [1.165, 1.54) is 24.4 Å². The molecule has 2 aliphatic heterocycles. The van der Waals surface area contributed by atoms with Gasteiger partial charge in [0.15, 0.2) is 0 Å². The molecule has 2 saturated heterocycles. The summed E-state index contributed by atoms with van der Waals surface area (Å²) in [6.45, 7) is 5.46. The topological polar surface area (TPSA) is 110 Å². The Bertz CT molecular complexity index is 980. The molecule has 0 aromatic carbocycles. The molecule has 4 rings (SSSR count). The van der Waals surface area contributed by atoms with Gasteiger partial charge in [0, 0.05) is 38.9 Å². The molecule has 0 amide bonds. The maximum absolute atomic E-state index is 10.6. The number of nitrogens with zero attached hydrogens (tertiary/aromatic N) is 4. The Morgan fingerprint density at radius 2 is 1.54 bits per heavy atom. The lowest BCUT2D eigenvalue weighted by Crippen LogP contribution is -2.43. The van der Waals surface area contributed by atoms with E-state index in [1.54, 1.807) is 0 Å². The van der Waals surface area contributed by atoms with Crippen LogP contribution in [0, 0.1) is 0 Å². The van der Waals surface area contributed by atoms with Gasteiger partial charge in [-0.25, -0.2) is 14.6 Å². The number of nitrogens with one attached hydrogen (secondary N) is 1. The Morgan fingerprint density at radius 1 is 1.00 bits per heavy atom. The Labute approximate surface area is 195 Å². The van der Waals surface area contributed by atoms with Gasteiger partial charge < -0.3 is 20.4 Å². The van der Waals surface area contributed by atoms with Crippen molar-refractivity contribution in [2.24, 2.45) is 0 Å². The summed E-state index contributed by atoms with van der Waals surface area (Å²) >= 11 is 0. The van der Waals surface area contributed by atoms with Crippen LogP contribution in [0.2, 0.25) is 0 Å². The van der Waals surface area contributed by atoms with Gasteiger partial charge in [-0.05, 0) is 32.0 Å². The Kier molecular flexibility index (Phi) is 9.31. The van der Waals surface area contributed by atoms with Gasteiger partial charge in [0.05, 0.1) is 11.7 Å². The smallest absolute Gasteiger partial charge is 0.475 e. The van der Waals surface area contributed by atoms with Crippen molar-refractivity contribution in [3.8, 4) is 0 Å². The Hall–Kier alpha value is -3.07. The zero-order valence-corrected chi connectivity index (χ0v) is 18.6. The van der Waals surface area contributed by atoms with Crippen LogP contribution in [0.15, 0.2) is 24.4 Å². The van der Waals surface area contributed by atoms with E-state index in [-0.39, 0.29) is 0 Å². The predicted octanol–water partition coefficient (Wildman–Crippen LogP) is 2.78. The standard InChI is InChI=1S/C16H23N5.2C2HF3O2/c1-19-10-7-17-11-14(19)13-12-21-15(18-13)5-4-6-16(21)20-8-2-3-9-20;2*3-2(4,5)1(6)7/h4-6,12,14,17H,2-3,7-11H2,1H3;2*(H,6,7). The number of hydrogen-bond donors (Lipinski definition) is 3. The normalized spacial score (nSPS) is 18.9. The minimum absolute atomic E-state index is 0.380. The van der Waals surface area contributed by atoms with E-state index in [9.17, 15) is 26.3 Å². The molecule has 0 saturated carbocycles. The molecule has 3 N–H and O–H groups in total. The minimum Gasteiger partial charge on any atom is -0.475 e. The third kappa shape index (κ3) is 7.99. The van der Waals surface area contributed by atoms with Crippen LogP contribution in [0.1, 0.15) is 24.6 Å². The minimum atomic E-state index is -5.08. The summed E-state index contributed by atoms with van der Waals surface area (Å²) in [6, 6.07) is 6.83. The second kappa shape index (κ2) is 11.6. The van der Waals surface area contributed by atoms with Crippen molar-refractivity contribution in [2.45, 2.75) is 31.2 Å². The lowest BCUT2D eigenvalue weighted by Gasteiger charge is -2.31. The molecule has 1 atom stereocenters. The molecule has 0 aliphatic carbocycles. The van der Waals surface area contributed by atoms with Crippen molar-refractivity contribution in [3.05, 3.63) is 30.1 Å². The van der Waals surface area contributed by atoms with E-state index in [1.807, 2.05) is 0 Å². The van der Waals surface area contributed by atoms with Crippen molar-refractivity contribution in [3.63, 3.8) is 0 Å². The number of imidazole rings is 1. The summed E-state index contributed by atoms with van der Waals surface area (Å²) in [7, 11) is 2.19. The van der Waals surface area contributed by atoms with Gasteiger partial charge in [-0.3, -0.25) is 9.30 Å². The van der Waals surface area contributed by atoms with E-state index in [4.69, 9.17) is 24.8 Å². The number of anilines is 1. The molecule has 0 radical (unpaired) electrons. The molecule has 35 heavy (non-hydrogen) atoms. The number of halogens is 6. The first kappa shape index (κ1) is 28.2. The number of aliphatic carboxylic acids is 2. The number of piperazine rings is 1. The van der Waals surface area contributed by atoms with Crippen LogP contribution in [0.4, 0.5) is 32.2 Å². The van der Waals surface area contributed by atoms with Crippen LogP contribution in [-0.2, 0) is 9.59 Å². The zero-order chi connectivity index (χ0) is 26.4. The average Bonchev–Trinajstić information content (AvgIpc) is 3.43. The molecular formula is C20H25F6N5O4. The highest BCUT2D eigenvalue weighted by Gasteiger charge is 2.38. The lowest BCUT2D eigenvalue weighted by molar-refractivity contribution is -0.193. The van der Waals surface area contributed by atoms with Crippen molar-refractivity contribution in [1.82, 2.24) is 19.6 Å². The number of alkyl halides is 6. The summed E-state index contributed by atoms with van der Waals surface area (Å²) < 4.78 is 65.7. The third-order valence-corrected chi connectivity index (χ3v) is 5.26. The summed E-state index contributed by atoms with van der Waals surface area (Å²) in [4.78, 5) is 27.5. The van der Waals surface area contributed by atoms with Gasteiger partial charge in [-0.2, -0.15) is 26.3 Å². The SMILES string of the molecule is CN1CCNCC1c1cn2c(N3CCCC3)cccc2n1.O=C(O)C(F)(F)F.O=C(O)C(F)(F)F. The summed E-state index contributed by atoms with van der Waals surface area (Å²) in [6.07, 6.45) is -5.34. The molecule has 9 nitrogen and oxygen atoms in total. The van der Waals surface area contributed by atoms with Gasteiger partial charge in [0.2, 0.25) is 0 Å². The van der Waals surface area contributed by atoms with Crippen molar-refractivity contribution >= 4 is 23.4 Å². The number of carbonyl (C=O) groups is 2. The zero-order valence-electron chi connectivity index (χ0n) is 18.6. The number of carboxylic acid groups (broad SMARTS) is 2. The second-order valence-corrected chi connectivity index (χ2v) is 7.78. The van der Waals surface area contributed by atoms with Gasteiger partial charge in [0.1, 0.15) is 11.5 Å². The van der Waals surface area contributed by atoms with Gasteiger partial charge in [0.25, 0.3) is 0 Å². The Morgan fingerprint density at radius 3 is 2.03 bits per heavy atom. The Balaban J connectivity index is 0.000000257. The van der Waals surface area contributed by atoms with Crippen molar-refractivity contribution in [1.29, 1.82) is 0 Å². The number of rotatable bonds is 2. The van der Waals surface area contributed by atoms with Crippen molar-refractivity contribution < 1.29 is 46.1 Å². The van der Waals surface area contributed by atoms with Crippen LogP contribution < -0.4 is 10.2 Å². The maximum Gasteiger partial charge on any atom is 0.490 e. The van der Waals surface area contributed by atoms with Gasteiger partial charge in [-0.1, -0.05) is 6.07 Å². The summed E-state index contributed by atoms with van der Waals surface area (Å²) in [5, 5.41) is 17.7. The quantitative estimate of drug-likeness (QED) is 0.526. The first-order valence-corrected chi connectivity index (χ1v) is 10.5. The molecule has 2 fully saturated rings. The molecule has 4 heterocycles. The molecule has 1 unspecified atom stereocenters. The van der Waals surface area contributed by atoms with Crippen LogP contribution in [0.3, 0.4) is 0 Å². The fraction of sp³-hybridized carbons (Fsp3) is 0.550. The molecular weight excluding hydrogens is 488 g/mol.